The third-order valence-electron chi connectivity index (χ3n) is 2.57. The van der Waals surface area contributed by atoms with Crippen LogP contribution in [0.15, 0.2) is 15.8 Å². The fraction of sp³-hybridized carbons (Fsp3) is 0.300. The van der Waals surface area contributed by atoms with Gasteiger partial charge in [-0.05, 0) is 20.8 Å². The number of fused-ring (bicyclic) bond motifs is 1. The second-order valence-electron chi connectivity index (χ2n) is 3.59. The van der Waals surface area contributed by atoms with Crippen molar-refractivity contribution >= 4 is 5.78 Å². The van der Waals surface area contributed by atoms with Crippen molar-refractivity contribution < 1.29 is 0 Å². The fourth-order valence-electron chi connectivity index (χ4n) is 1.43. The van der Waals surface area contributed by atoms with Crippen LogP contribution in [0.2, 0.25) is 0 Å². The smallest absolute Gasteiger partial charge is 0.277 e. The Morgan fingerprint density at radius 3 is 2.60 bits per heavy atom. The number of aromatic amines is 1. The second-order valence-corrected chi connectivity index (χ2v) is 3.59. The first-order valence-corrected chi connectivity index (χ1v) is 4.60. The molecule has 0 amide bonds. The van der Waals surface area contributed by atoms with E-state index in [0.717, 1.165) is 5.69 Å². The van der Waals surface area contributed by atoms with Gasteiger partial charge in [0, 0.05) is 23.0 Å². The molecule has 0 aliphatic heterocycles. The molecule has 0 aromatic carbocycles. The molecule has 5 nitrogen and oxygen atoms in total. The lowest BCUT2D eigenvalue weighted by Crippen LogP contribution is -2.21. The standard InChI is InChI=1S/C10H11N3O2/c1-5-4-13-7(3)6(2)9(15)12-10(13)11-8(5)14/h4H,1-3H3,(H,11,12,14,15). The predicted molar refractivity (Wildman–Crippen MR) is 56.3 cm³/mol. The quantitative estimate of drug-likeness (QED) is 0.673. The zero-order valence-electron chi connectivity index (χ0n) is 8.79. The van der Waals surface area contributed by atoms with E-state index < -0.39 is 0 Å². The average Bonchev–Trinajstić information content (AvgIpc) is 2.19. The van der Waals surface area contributed by atoms with Crippen molar-refractivity contribution in [2.75, 3.05) is 0 Å². The van der Waals surface area contributed by atoms with Crippen molar-refractivity contribution in [3.05, 3.63) is 43.7 Å². The molecule has 2 aromatic heterocycles. The monoisotopic (exact) mass is 205 g/mol. The molecular weight excluding hydrogens is 194 g/mol. The summed E-state index contributed by atoms with van der Waals surface area (Å²) < 4.78 is 1.72. The normalized spacial score (nSPS) is 10.9. The van der Waals surface area contributed by atoms with Crippen LogP contribution in [0.4, 0.5) is 0 Å². The van der Waals surface area contributed by atoms with E-state index in [1.165, 1.54) is 0 Å². The van der Waals surface area contributed by atoms with Crippen LogP contribution in [0.5, 0.6) is 0 Å². The first kappa shape index (κ1) is 9.64. The lowest BCUT2D eigenvalue weighted by molar-refractivity contribution is 0.921. The highest BCUT2D eigenvalue weighted by atomic mass is 16.1. The summed E-state index contributed by atoms with van der Waals surface area (Å²) in [6, 6.07) is 0. The van der Waals surface area contributed by atoms with Crippen LogP contribution in [0, 0.1) is 20.8 Å². The van der Waals surface area contributed by atoms with E-state index in [9.17, 15) is 9.59 Å². The summed E-state index contributed by atoms with van der Waals surface area (Å²) in [5.41, 5.74) is 1.47. The summed E-state index contributed by atoms with van der Waals surface area (Å²) in [7, 11) is 0. The predicted octanol–water partition coefficient (Wildman–Crippen LogP) is 0.308. The summed E-state index contributed by atoms with van der Waals surface area (Å²) >= 11 is 0. The zero-order valence-corrected chi connectivity index (χ0v) is 8.79. The summed E-state index contributed by atoms with van der Waals surface area (Å²) in [5, 5.41) is 0. The third kappa shape index (κ3) is 1.36. The first-order chi connectivity index (χ1) is 7.00. The minimum Gasteiger partial charge on any atom is -0.292 e. The molecule has 0 saturated heterocycles. The minimum absolute atomic E-state index is 0.205. The number of aromatic nitrogens is 3. The number of hydrogen-bond donors (Lipinski definition) is 1. The van der Waals surface area contributed by atoms with Crippen molar-refractivity contribution in [2.45, 2.75) is 20.8 Å². The number of hydrogen-bond acceptors (Lipinski definition) is 3. The van der Waals surface area contributed by atoms with Gasteiger partial charge < -0.3 is 0 Å². The molecule has 2 aromatic rings. The molecule has 0 saturated carbocycles. The van der Waals surface area contributed by atoms with Crippen LogP contribution in [0.1, 0.15) is 16.8 Å². The Labute approximate surface area is 85.4 Å². The maximum atomic E-state index is 11.4. The second kappa shape index (κ2) is 3.05. The highest BCUT2D eigenvalue weighted by molar-refractivity contribution is 5.33. The fourth-order valence-corrected chi connectivity index (χ4v) is 1.43. The lowest BCUT2D eigenvalue weighted by atomic mass is 10.2. The summed E-state index contributed by atoms with van der Waals surface area (Å²) in [4.78, 5) is 29.1. The Hall–Kier alpha value is -1.91. The van der Waals surface area contributed by atoms with Crippen LogP contribution in [0.3, 0.4) is 0 Å². The summed E-state index contributed by atoms with van der Waals surface area (Å²) in [6.07, 6.45) is 1.68. The molecule has 5 heteroatoms. The number of nitrogens with zero attached hydrogens (tertiary/aromatic N) is 2. The highest BCUT2D eigenvalue weighted by Gasteiger charge is 2.06. The van der Waals surface area contributed by atoms with Gasteiger partial charge in [0.2, 0.25) is 5.78 Å². The molecular formula is C10H11N3O2. The molecule has 78 valence electrons. The van der Waals surface area contributed by atoms with Gasteiger partial charge in [0.05, 0.1) is 0 Å². The number of rotatable bonds is 0. The van der Waals surface area contributed by atoms with Gasteiger partial charge in [-0.25, -0.2) is 0 Å². The molecule has 0 spiro atoms. The maximum absolute atomic E-state index is 11.4. The van der Waals surface area contributed by atoms with E-state index in [1.807, 2.05) is 6.92 Å². The molecule has 2 heterocycles. The number of aryl methyl sites for hydroxylation is 2. The molecule has 0 aliphatic carbocycles. The molecule has 0 bridgehead atoms. The van der Waals surface area contributed by atoms with Gasteiger partial charge in [0.25, 0.3) is 11.1 Å². The van der Waals surface area contributed by atoms with Gasteiger partial charge in [-0.3, -0.25) is 19.0 Å². The van der Waals surface area contributed by atoms with E-state index >= 15 is 0 Å². The van der Waals surface area contributed by atoms with Gasteiger partial charge in [0.1, 0.15) is 0 Å². The SMILES string of the molecule is Cc1cn2c(C)c(C)c(=O)[nH]c2nc1=O. The third-order valence-corrected chi connectivity index (χ3v) is 2.57. The number of H-pyrrole nitrogens is 1. The van der Waals surface area contributed by atoms with E-state index in [1.54, 1.807) is 24.4 Å². The Morgan fingerprint density at radius 1 is 1.27 bits per heavy atom. The van der Waals surface area contributed by atoms with Crippen LogP contribution < -0.4 is 11.1 Å². The van der Waals surface area contributed by atoms with Crippen LogP contribution in [-0.4, -0.2) is 14.4 Å². The van der Waals surface area contributed by atoms with Crippen molar-refractivity contribution in [2.24, 2.45) is 0 Å². The molecule has 0 fully saturated rings. The van der Waals surface area contributed by atoms with Gasteiger partial charge >= 0.3 is 0 Å². The zero-order chi connectivity index (χ0) is 11.2. The van der Waals surface area contributed by atoms with E-state index in [-0.39, 0.29) is 11.1 Å². The van der Waals surface area contributed by atoms with Crippen LogP contribution in [0.25, 0.3) is 5.78 Å². The van der Waals surface area contributed by atoms with Gasteiger partial charge in [-0.2, -0.15) is 4.98 Å². The Kier molecular flexibility index (Phi) is 1.96. The van der Waals surface area contributed by atoms with Gasteiger partial charge in [-0.1, -0.05) is 0 Å². The number of nitrogens with one attached hydrogen (secondary N) is 1. The van der Waals surface area contributed by atoms with E-state index in [0.29, 0.717) is 16.9 Å². The van der Waals surface area contributed by atoms with Gasteiger partial charge in [0.15, 0.2) is 0 Å². The maximum Gasteiger partial charge on any atom is 0.277 e. The first-order valence-electron chi connectivity index (χ1n) is 4.60. The molecule has 0 aliphatic rings. The van der Waals surface area contributed by atoms with Crippen LogP contribution in [-0.2, 0) is 0 Å². The largest absolute Gasteiger partial charge is 0.292 e. The van der Waals surface area contributed by atoms with E-state index in [4.69, 9.17) is 0 Å². The molecule has 2 rings (SSSR count). The molecule has 0 unspecified atom stereocenters. The Morgan fingerprint density at radius 2 is 1.93 bits per heavy atom. The Balaban J connectivity index is 3.06. The Bertz CT molecular complexity index is 647. The van der Waals surface area contributed by atoms with Gasteiger partial charge in [-0.15, -0.1) is 0 Å². The van der Waals surface area contributed by atoms with Crippen molar-refractivity contribution in [3.63, 3.8) is 0 Å². The highest BCUT2D eigenvalue weighted by Crippen LogP contribution is 2.02. The van der Waals surface area contributed by atoms with E-state index in [2.05, 4.69) is 9.97 Å². The minimum atomic E-state index is -0.311. The van der Waals surface area contributed by atoms with Crippen molar-refractivity contribution in [3.8, 4) is 0 Å². The molecule has 1 N–H and O–H groups in total. The summed E-state index contributed by atoms with van der Waals surface area (Å²) in [6.45, 7) is 5.26. The lowest BCUT2D eigenvalue weighted by Gasteiger charge is -2.07. The molecule has 0 atom stereocenters. The van der Waals surface area contributed by atoms with Crippen LogP contribution >= 0.6 is 0 Å². The average molecular weight is 205 g/mol. The molecule has 0 radical (unpaired) electrons. The summed E-state index contributed by atoms with van der Waals surface area (Å²) in [5.74, 6) is 0.290. The molecule has 15 heavy (non-hydrogen) atoms. The van der Waals surface area contributed by atoms with Crippen molar-refractivity contribution in [1.29, 1.82) is 0 Å². The van der Waals surface area contributed by atoms with Crippen molar-refractivity contribution in [1.82, 2.24) is 14.4 Å². The topological polar surface area (TPSA) is 67.2 Å².